The molecule has 0 spiro atoms. The molecule has 1 atom stereocenters. The quantitative estimate of drug-likeness (QED) is 0.924. The van der Waals surface area contributed by atoms with E-state index in [-0.39, 0.29) is 0 Å². The van der Waals surface area contributed by atoms with Crippen molar-refractivity contribution in [1.82, 2.24) is 24.8 Å². The van der Waals surface area contributed by atoms with Crippen molar-refractivity contribution >= 4 is 15.9 Å². The summed E-state index contributed by atoms with van der Waals surface area (Å²) < 4.78 is 4.47. The molecule has 2 heterocycles. The zero-order valence-corrected chi connectivity index (χ0v) is 11.5. The van der Waals surface area contributed by atoms with Gasteiger partial charge in [-0.3, -0.25) is 4.68 Å². The molecule has 2 aromatic heterocycles. The van der Waals surface area contributed by atoms with Crippen LogP contribution in [-0.4, -0.2) is 29.9 Å². The molecule has 0 aliphatic rings. The van der Waals surface area contributed by atoms with Gasteiger partial charge in [-0.2, -0.15) is 5.10 Å². The summed E-state index contributed by atoms with van der Waals surface area (Å²) in [5, 5.41) is 21.5. The van der Waals surface area contributed by atoms with Crippen molar-refractivity contribution in [3.8, 4) is 0 Å². The monoisotopic (exact) mass is 299 g/mol. The molecule has 0 aromatic carbocycles. The highest BCUT2D eigenvalue weighted by molar-refractivity contribution is 9.10. The maximum atomic E-state index is 9.37. The van der Waals surface area contributed by atoms with Crippen LogP contribution in [0.2, 0.25) is 0 Å². The van der Waals surface area contributed by atoms with Crippen LogP contribution in [0.3, 0.4) is 0 Å². The highest BCUT2D eigenvalue weighted by Gasteiger charge is 2.13. The molecule has 0 aliphatic carbocycles. The minimum atomic E-state index is -0.597. The fourth-order valence-corrected chi connectivity index (χ4v) is 2.05. The number of hydrogen-bond donors (Lipinski definition) is 1. The molecular weight excluding hydrogens is 286 g/mol. The Labute approximate surface area is 107 Å². The van der Waals surface area contributed by atoms with Crippen molar-refractivity contribution in [3.63, 3.8) is 0 Å². The second-order valence-corrected chi connectivity index (χ2v) is 4.78. The standard InChI is InChI=1S/C10H14BrN5O/c1-6-10(11)9(15(3)13-6)5-16-4-8(7(2)17)12-14-16/h4,7,17H,5H2,1-3H3. The number of aliphatic hydroxyl groups is 1. The van der Waals surface area contributed by atoms with Gasteiger partial charge in [-0.25, -0.2) is 4.68 Å². The van der Waals surface area contributed by atoms with Crippen LogP contribution >= 0.6 is 15.9 Å². The minimum Gasteiger partial charge on any atom is -0.387 e. The van der Waals surface area contributed by atoms with Gasteiger partial charge in [0.1, 0.15) is 5.69 Å². The van der Waals surface area contributed by atoms with Gasteiger partial charge in [-0.1, -0.05) is 5.21 Å². The number of aromatic nitrogens is 5. The Morgan fingerprint density at radius 3 is 2.71 bits per heavy atom. The van der Waals surface area contributed by atoms with Crippen LogP contribution in [0, 0.1) is 6.92 Å². The normalized spacial score (nSPS) is 13.0. The average molecular weight is 300 g/mol. The molecule has 2 rings (SSSR count). The van der Waals surface area contributed by atoms with Crippen LogP contribution in [0.4, 0.5) is 0 Å². The third kappa shape index (κ3) is 2.39. The second kappa shape index (κ2) is 4.58. The lowest BCUT2D eigenvalue weighted by molar-refractivity contribution is 0.194. The molecule has 1 N–H and O–H groups in total. The minimum absolute atomic E-state index is 0.567. The number of halogens is 1. The first-order chi connectivity index (χ1) is 7.99. The summed E-state index contributed by atoms with van der Waals surface area (Å²) in [6, 6.07) is 0. The van der Waals surface area contributed by atoms with Gasteiger partial charge in [0.2, 0.25) is 0 Å². The Hall–Kier alpha value is -1.21. The molecule has 7 heteroatoms. The summed E-state index contributed by atoms with van der Waals surface area (Å²) >= 11 is 3.50. The van der Waals surface area contributed by atoms with Crippen molar-refractivity contribution in [2.24, 2.45) is 7.05 Å². The van der Waals surface area contributed by atoms with Crippen molar-refractivity contribution in [3.05, 3.63) is 27.8 Å². The topological polar surface area (TPSA) is 68.8 Å². The first-order valence-corrected chi connectivity index (χ1v) is 6.04. The fourth-order valence-electron chi connectivity index (χ4n) is 1.59. The van der Waals surface area contributed by atoms with E-state index in [0.717, 1.165) is 15.9 Å². The van der Waals surface area contributed by atoms with Gasteiger partial charge in [0.25, 0.3) is 0 Å². The molecule has 17 heavy (non-hydrogen) atoms. The third-order valence-corrected chi connectivity index (χ3v) is 3.59. The Kier molecular flexibility index (Phi) is 3.30. The van der Waals surface area contributed by atoms with Gasteiger partial charge >= 0.3 is 0 Å². The molecule has 2 aromatic rings. The van der Waals surface area contributed by atoms with Gasteiger partial charge in [-0.05, 0) is 29.8 Å². The van der Waals surface area contributed by atoms with Crippen molar-refractivity contribution in [2.45, 2.75) is 26.5 Å². The summed E-state index contributed by atoms with van der Waals surface area (Å²) in [6.45, 7) is 4.17. The van der Waals surface area contributed by atoms with Gasteiger partial charge in [0.05, 0.1) is 34.7 Å². The Morgan fingerprint density at radius 1 is 1.53 bits per heavy atom. The van der Waals surface area contributed by atoms with Crippen LogP contribution in [0.15, 0.2) is 10.7 Å². The SMILES string of the molecule is Cc1nn(C)c(Cn2cc(C(C)O)nn2)c1Br. The van der Waals surface area contributed by atoms with Crippen LogP contribution in [-0.2, 0) is 13.6 Å². The van der Waals surface area contributed by atoms with E-state index in [4.69, 9.17) is 0 Å². The zero-order chi connectivity index (χ0) is 12.6. The van der Waals surface area contributed by atoms with Crippen LogP contribution in [0.25, 0.3) is 0 Å². The predicted molar refractivity (Wildman–Crippen MR) is 65.4 cm³/mol. The molecule has 1 unspecified atom stereocenters. The summed E-state index contributed by atoms with van der Waals surface area (Å²) in [6.07, 6.45) is 1.14. The van der Waals surface area contributed by atoms with Crippen LogP contribution < -0.4 is 0 Å². The highest BCUT2D eigenvalue weighted by Crippen LogP contribution is 2.21. The summed E-state index contributed by atoms with van der Waals surface area (Å²) in [5.74, 6) is 0. The Bertz CT molecular complexity index is 531. The molecule has 0 fully saturated rings. The zero-order valence-electron chi connectivity index (χ0n) is 9.92. The highest BCUT2D eigenvalue weighted by atomic mass is 79.9. The average Bonchev–Trinajstić information content (AvgIpc) is 2.80. The van der Waals surface area contributed by atoms with E-state index in [2.05, 4.69) is 31.3 Å². The molecule has 0 saturated carbocycles. The van der Waals surface area contributed by atoms with E-state index >= 15 is 0 Å². The molecule has 6 nitrogen and oxygen atoms in total. The molecule has 0 saturated heterocycles. The summed E-state index contributed by atoms with van der Waals surface area (Å²) in [5.41, 5.74) is 2.53. The Balaban J connectivity index is 2.25. The van der Waals surface area contributed by atoms with Gasteiger partial charge in [0, 0.05) is 7.05 Å². The summed E-state index contributed by atoms with van der Waals surface area (Å²) in [7, 11) is 1.89. The van der Waals surface area contributed by atoms with Gasteiger partial charge < -0.3 is 5.11 Å². The maximum Gasteiger partial charge on any atom is 0.111 e. The molecule has 92 valence electrons. The lowest BCUT2D eigenvalue weighted by atomic mass is 10.3. The van der Waals surface area contributed by atoms with Crippen molar-refractivity contribution in [1.29, 1.82) is 0 Å². The lowest BCUT2D eigenvalue weighted by Crippen LogP contribution is -2.06. The molecular formula is C10H14BrN5O. The largest absolute Gasteiger partial charge is 0.387 e. The molecule has 0 aliphatic heterocycles. The van der Waals surface area contributed by atoms with Crippen LogP contribution in [0.1, 0.15) is 30.1 Å². The van der Waals surface area contributed by atoms with E-state index in [1.54, 1.807) is 17.8 Å². The molecule has 0 radical (unpaired) electrons. The summed E-state index contributed by atoms with van der Waals surface area (Å²) in [4.78, 5) is 0. The van der Waals surface area contributed by atoms with E-state index in [1.165, 1.54) is 0 Å². The second-order valence-electron chi connectivity index (χ2n) is 3.99. The maximum absolute atomic E-state index is 9.37. The van der Waals surface area contributed by atoms with Crippen molar-refractivity contribution in [2.75, 3.05) is 0 Å². The van der Waals surface area contributed by atoms with Crippen molar-refractivity contribution < 1.29 is 5.11 Å². The lowest BCUT2D eigenvalue weighted by Gasteiger charge is -2.02. The first kappa shape index (κ1) is 12.3. The number of aliphatic hydroxyl groups excluding tert-OH is 1. The Morgan fingerprint density at radius 2 is 2.24 bits per heavy atom. The molecule has 0 amide bonds. The van der Waals surface area contributed by atoms with Gasteiger partial charge in [0.15, 0.2) is 0 Å². The third-order valence-electron chi connectivity index (χ3n) is 2.56. The smallest absolute Gasteiger partial charge is 0.111 e. The number of rotatable bonds is 3. The predicted octanol–water partition coefficient (Wildman–Crippen LogP) is 1.18. The fraction of sp³-hybridized carbons (Fsp3) is 0.500. The van der Waals surface area contributed by atoms with E-state index in [9.17, 15) is 5.11 Å². The van der Waals surface area contributed by atoms with Crippen LogP contribution in [0.5, 0.6) is 0 Å². The van der Waals surface area contributed by atoms with E-state index < -0.39 is 6.10 Å². The number of aryl methyl sites for hydroxylation is 2. The molecule has 0 bridgehead atoms. The van der Waals surface area contributed by atoms with E-state index in [1.807, 2.05) is 18.7 Å². The number of hydrogen-bond acceptors (Lipinski definition) is 4. The number of nitrogens with zero attached hydrogens (tertiary/aromatic N) is 5. The van der Waals surface area contributed by atoms with Gasteiger partial charge in [-0.15, -0.1) is 5.10 Å². The van der Waals surface area contributed by atoms with E-state index in [0.29, 0.717) is 12.2 Å². The first-order valence-electron chi connectivity index (χ1n) is 5.25.